The van der Waals surface area contributed by atoms with Crippen molar-refractivity contribution in [3.8, 4) is 0 Å². The number of para-hydroxylation sites is 2. The quantitative estimate of drug-likeness (QED) is 0.557. The van der Waals surface area contributed by atoms with Crippen LogP contribution >= 0.6 is 0 Å². The molecule has 9 heteroatoms. The highest BCUT2D eigenvalue weighted by Crippen LogP contribution is 2.31. The number of nitrogens with zero attached hydrogens (tertiary/aromatic N) is 4. The summed E-state index contributed by atoms with van der Waals surface area (Å²) in [5.41, 5.74) is 1.71. The van der Waals surface area contributed by atoms with Crippen LogP contribution in [0.3, 0.4) is 0 Å². The van der Waals surface area contributed by atoms with E-state index in [0.29, 0.717) is 45.0 Å². The molecule has 1 aliphatic heterocycles. The zero-order valence-corrected chi connectivity index (χ0v) is 18.0. The highest BCUT2D eigenvalue weighted by Gasteiger charge is 2.31. The first-order chi connectivity index (χ1) is 15.4. The molecule has 32 heavy (non-hydrogen) atoms. The maximum atomic E-state index is 13.0. The fourth-order valence-corrected chi connectivity index (χ4v) is 4.24. The third-order valence-electron chi connectivity index (χ3n) is 5.99. The zero-order valence-electron chi connectivity index (χ0n) is 18.0. The Labute approximate surface area is 184 Å². The SMILES string of the molecule is COCCn1c(=O)n(CCN2CCN(c3cccc(C(F)(F)F)c3)CC2)c2ccccc21. The summed E-state index contributed by atoms with van der Waals surface area (Å²) >= 11 is 0. The molecule has 4 rings (SSSR count). The number of hydrogen-bond donors (Lipinski definition) is 0. The number of halogens is 3. The molecule has 0 bridgehead atoms. The Morgan fingerprint density at radius 2 is 1.53 bits per heavy atom. The first-order valence-electron chi connectivity index (χ1n) is 10.7. The number of fused-ring (bicyclic) bond motifs is 1. The van der Waals surface area contributed by atoms with Gasteiger partial charge in [-0.3, -0.25) is 14.0 Å². The highest BCUT2D eigenvalue weighted by molar-refractivity contribution is 5.76. The monoisotopic (exact) mass is 448 g/mol. The van der Waals surface area contributed by atoms with Crippen LogP contribution in [0.5, 0.6) is 0 Å². The molecule has 2 aromatic carbocycles. The molecule has 0 saturated carbocycles. The lowest BCUT2D eigenvalue weighted by molar-refractivity contribution is -0.137. The van der Waals surface area contributed by atoms with Gasteiger partial charge >= 0.3 is 11.9 Å². The Morgan fingerprint density at radius 1 is 0.875 bits per heavy atom. The van der Waals surface area contributed by atoms with E-state index in [1.807, 2.05) is 29.2 Å². The number of ether oxygens (including phenoxy) is 1. The molecule has 0 unspecified atom stereocenters. The molecule has 0 aliphatic carbocycles. The second-order valence-electron chi connectivity index (χ2n) is 7.94. The van der Waals surface area contributed by atoms with Gasteiger partial charge in [-0.15, -0.1) is 0 Å². The maximum absolute atomic E-state index is 13.0. The van der Waals surface area contributed by atoms with E-state index in [1.165, 1.54) is 12.1 Å². The van der Waals surface area contributed by atoms with Gasteiger partial charge < -0.3 is 9.64 Å². The van der Waals surface area contributed by atoms with Gasteiger partial charge in [0.2, 0.25) is 0 Å². The number of benzene rings is 2. The summed E-state index contributed by atoms with van der Waals surface area (Å²) in [6, 6.07) is 13.2. The minimum absolute atomic E-state index is 0.0501. The second-order valence-corrected chi connectivity index (χ2v) is 7.94. The number of hydrogen-bond acceptors (Lipinski definition) is 4. The van der Waals surface area contributed by atoms with Crippen molar-refractivity contribution in [2.24, 2.45) is 0 Å². The van der Waals surface area contributed by atoms with Gasteiger partial charge in [-0.1, -0.05) is 18.2 Å². The van der Waals surface area contributed by atoms with Crippen LogP contribution in [-0.2, 0) is 24.0 Å². The predicted octanol–water partition coefficient (Wildman–Crippen LogP) is 3.29. The van der Waals surface area contributed by atoms with E-state index >= 15 is 0 Å². The van der Waals surface area contributed by atoms with Gasteiger partial charge in [0.25, 0.3) is 0 Å². The molecule has 6 nitrogen and oxygen atoms in total. The average molecular weight is 448 g/mol. The minimum Gasteiger partial charge on any atom is -0.383 e. The smallest absolute Gasteiger partial charge is 0.383 e. The van der Waals surface area contributed by atoms with Gasteiger partial charge in [-0.05, 0) is 30.3 Å². The number of rotatable bonds is 7. The molecule has 1 fully saturated rings. The molecule has 1 aliphatic rings. The second kappa shape index (κ2) is 9.38. The van der Waals surface area contributed by atoms with Gasteiger partial charge in [0.1, 0.15) is 0 Å². The lowest BCUT2D eigenvalue weighted by Crippen LogP contribution is -2.47. The van der Waals surface area contributed by atoms with Crippen molar-refractivity contribution >= 4 is 16.7 Å². The van der Waals surface area contributed by atoms with Crippen LogP contribution in [0.25, 0.3) is 11.0 Å². The zero-order chi connectivity index (χ0) is 22.7. The number of alkyl halides is 3. The third-order valence-corrected chi connectivity index (χ3v) is 5.99. The van der Waals surface area contributed by atoms with Gasteiger partial charge in [0.05, 0.1) is 29.7 Å². The normalized spacial score (nSPS) is 15.6. The summed E-state index contributed by atoms with van der Waals surface area (Å²) in [5, 5.41) is 0. The summed E-state index contributed by atoms with van der Waals surface area (Å²) in [6.45, 7) is 4.97. The number of methoxy groups -OCH3 is 1. The van der Waals surface area contributed by atoms with Crippen molar-refractivity contribution in [3.63, 3.8) is 0 Å². The molecule has 2 heterocycles. The Morgan fingerprint density at radius 3 is 2.16 bits per heavy atom. The highest BCUT2D eigenvalue weighted by atomic mass is 19.4. The molecule has 1 saturated heterocycles. The molecule has 0 N–H and O–H groups in total. The summed E-state index contributed by atoms with van der Waals surface area (Å²) in [5.74, 6) is 0. The number of imidazole rings is 1. The van der Waals surface area contributed by atoms with Crippen molar-refractivity contribution in [1.82, 2.24) is 14.0 Å². The van der Waals surface area contributed by atoms with Crippen molar-refractivity contribution in [1.29, 1.82) is 0 Å². The van der Waals surface area contributed by atoms with E-state index in [9.17, 15) is 18.0 Å². The van der Waals surface area contributed by atoms with E-state index in [2.05, 4.69) is 4.90 Å². The molecule has 0 amide bonds. The number of anilines is 1. The van der Waals surface area contributed by atoms with E-state index in [1.54, 1.807) is 22.3 Å². The van der Waals surface area contributed by atoms with Crippen LogP contribution in [0.1, 0.15) is 5.56 Å². The molecular weight excluding hydrogens is 421 g/mol. The predicted molar refractivity (Wildman–Crippen MR) is 118 cm³/mol. The molecule has 1 aromatic heterocycles. The van der Waals surface area contributed by atoms with Gasteiger partial charge in [0.15, 0.2) is 0 Å². The van der Waals surface area contributed by atoms with E-state index < -0.39 is 11.7 Å². The van der Waals surface area contributed by atoms with Gasteiger partial charge in [-0.2, -0.15) is 13.2 Å². The van der Waals surface area contributed by atoms with Crippen LogP contribution in [0.15, 0.2) is 53.3 Å². The third kappa shape index (κ3) is 4.68. The Hall–Kier alpha value is -2.78. The fourth-order valence-electron chi connectivity index (χ4n) is 4.24. The number of aromatic nitrogens is 2. The van der Waals surface area contributed by atoms with E-state index in [-0.39, 0.29) is 5.69 Å². The summed E-state index contributed by atoms with van der Waals surface area (Å²) < 4.78 is 47.7. The lowest BCUT2D eigenvalue weighted by Gasteiger charge is -2.36. The Kier molecular flexibility index (Phi) is 6.57. The topological polar surface area (TPSA) is 42.6 Å². The largest absolute Gasteiger partial charge is 0.416 e. The summed E-state index contributed by atoms with van der Waals surface area (Å²) in [6.07, 6.45) is -4.34. The molecule has 172 valence electrons. The fraction of sp³-hybridized carbons (Fsp3) is 0.435. The van der Waals surface area contributed by atoms with Crippen molar-refractivity contribution < 1.29 is 17.9 Å². The summed E-state index contributed by atoms with van der Waals surface area (Å²) in [4.78, 5) is 17.2. The standard InChI is InChI=1S/C23H27F3N4O2/c1-32-16-15-30-21-8-3-2-7-20(21)29(22(30)31)14-11-27-9-12-28(13-10-27)19-6-4-5-18(17-19)23(24,25)26/h2-8,17H,9-16H2,1H3. The molecule has 0 radical (unpaired) electrons. The van der Waals surface area contributed by atoms with Crippen LogP contribution in [0.2, 0.25) is 0 Å². The molecule has 3 aromatic rings. The van der Waals surface area contributed by atoms with E-state index in [4.69, 9.17) is 4.74 Å². The Balaban J connectivity index is 1.40. The molecular formula is C23H27F3N4O2. The van der Waals surface area contributed by atoms with Crippen LogP contribution in [-0.4, -0.2) is 60.5 Å². The maximum Gasteiger partial charge on any atom is 0.416 e. The molecule has 0 spiro atoms. The van der Waals surface area contributed by atoms with Crippen LogP contribution < -0.4 is 10.6 Å². The van der Waals surface area contributed by atoms with Gasteiger partial charge in [0, 0.05) is 52.1 Å². The van der Waals surface area contributed by atoms with Crippen LogP contribution in [0, 0.1) is 0 Å². The van der Waals surface area contributed by atoms with Crippen LogP contribution in [0.4, 0.5) is 18.9 Å². The van der Waals surface area contributed by atoms with Crippen molar-refractivity contribution in [2.45, 2.75) is 19.3 Å². The molecule has 0 atom stereocenters. The first-order valence-corrected chi connectivity index (χ1v) is 10.7. The van der Waals surface area contributed by atoms with Crippen molar-refractivity contribution in [3.05, 3.63) is 64.6 Å². The Bertz CT molecular complexity index is 1110. The van der Waals surface area contributed by atoms with Crippen molar-refractivity contribution in [2.75, 3.05) is 51.3 Å². The van der Waals surface area contributed by atoms with Gasteiger partial charge in [-0.25, -0.2) is 4.79 Å². The first kappa shape index (κ1) is 22.4. The number of piperazine rings is 1. The lowest BCUT2D eigenvalue weighted by atomic mass is 10.1. The minimum atomic E-state index is -4.34. The van der Waals surface area contributed by atoms with E-state index in [0.717, 1.165) is 30.2 Å². The summed E-state index contributed by atoms with van der Waals surface area (Å²) in [7, 11) is 1.61. The average Bonchev–Trinajstić information content (AvgIpc) is 3.06.